The van der Waals surface area contributed by atoms with Crippen molar-refractivity contribution < 1.29 is 9.53 Å². The maximum absolute atomic E-state index is 11.5. The quantitative estimate of drug-likeness (QED) is 0.614. The van der Waals surface area contributed by atoms with Crippen molar-refractivity contribution >= 4 is 11.7 Å². The molecule has 0 radical (unpaired) electrons. The standard InChI is InChI=1S/C11H20N4O2/c1-8(2)3-5-17-6-4-13-11(16)9-7-10(12)15-14-9/h7-8H,3-6H2,1-2H3,(H,13,16)(H3,12,14,15). The van der Waals surface area contributed by atoms with Crippen molar-refractivity contribution in [1.29, 1.82) is 0 Å². The lowest BCUT2D eigenvalue weighted by Gasteiger charge is -2.07. The number of H-pyrrole nitrogens is 1. The van der Waals surface area contributed by atoms with E-state index in [1.54, 1.807) is 0 Å². The fraction of sp³-hybridized carbons (Fsp3) is 0.636. The number of carbonyl (C=O) groups excluding carboxylic acids is 1. The Morgan fingerprint density at radius 1 is 1.59 bits per heavy atom. The Kier molecular flexibility index (Phi) is 5.48. The number of aromatic nitrogens is 2. The van der Waals surface area contributed by atoms with Gasteiger partial charge in [0.1, 0.15) is 11.5 Å². The second kappa shape index (κ2) is 6.90. The summed E-state index contributed by atoms with van der Waals surface area (Å²) >= 11 is 0. The van der Waals surface area contributed by atoms with Gasteiger partial charge in [0.25, 0.3) is 5.91 Å². The number of nitrogens with zero attached hydrogens (tertiary/aromatic N) is 1. The first kappa shape index (κ1) is 13.5. The predicted octanol–water partition coefficient (Wildman–Crippen LogP) is 0.784. The molecule has 6 heteroatoms. The first-order valence-electron chi connectivity index (χ1n) is 5.76. The molecule has 0 saturated heterocycles. The Labute approximate surface area is 101 Å². The van der Waals surface area contributed by atoms with Gasteiger partial charge in [0.2, 0.25) is 0 Å². The van der Waals surface area contributed by atoms with Crippen LogP contribution in [-0.4, -0.2) is 35.9 Å². The topological polar surface area (TPSA) is 93.0 Å². The van der Waals surface area contributed by atoms with Crippen LogP contribution in [0.1, 0.15) is 30.8 Å². The van der Waals surface area contributed by atoms with Crippen LogP contribution < -0.4 is 11.1 Å². The lowest BCUT2D eigenvalue weighted by molar-refractivity contribution is 0.0901. The van der Waals surface area contributed by atoms with Crippen molar-refractivity contribution in [3.8, 4) is 0 Å². The highest BCUT2D eigenvalue weighted by Crippen LogP contribution is 2.00. The molecule has 0 unspecified atom stereocenters. The van der Waals surface area contributed by atoms with E-state index in [0.717, 1.165) is 13.0 Å². The second-order valence-corrected chi connectivity index (χ2v) is 4.26. The van der Waals surface area contributed by atoms with Gasteiger partial charge in [-0.05, 0) is 12.3 Å². The fourth-order valence-corrected chi connectivity index (χ4v) is 1.21. The zero-order valence-corrected chi connectivity index (χ0v) is 10.3. The summed E-state index contributed by atoms with van der Waals surface area (Å²) in [6.07, 6.45) is 1.03. The third-order valence-electron chi connectivity index (χ3n) is 2.21. The molecule has 0 bridgehead atoms. The third kappa shape index (κ3) is 5.35. The van der Waals surface area contributed by atoms with Gasteiger partial charge in [0.15, 0.2) is 0 Å². The highest BCUT2D eigenvalue weighted by molar-refractivity contribution is 5.92. The minimum atomic E-state index is -0.221. The Hall–Kier alpha value is -1.56. The highest BCUT2D eigenvalue weighted by atomic mass is 16.5. The molecule has 0 fully saturated rings. The lowest BCUT2D eigenvalue weighted by Crippen LogP contribution is -2.27. The van der Waals surface area contributed by atoms with E-state index in [2.05, 4.69) is 29.4 Å². The van der Waals surface area contributed by atoms with Gasteiger partial charge in [-0.3, -0.25) is 9.89 Å². The summed E-state index contributed by atoms with van der Waals surface area (Å²) in [7, 11) is 0. The molecule has 0 saturated carbocycles. The molecule has 6 nitrogen and oxygen atoms in total. The summed E-state index contributed by atoms with van der Waals surface area (Å²) in [6, 6.07) is 1.49. The van der Waals surface area contributed by atoms with Crippen LogP contribution in [0.3, 0.4) is 0 Å². The summed E-state index contributed by atoms with van der Waals surface area (Å²) < 4.78 is 5.37. The smallest absolute Gasteiger partial charge is 0.269 e. The monoisotopic (exact) mass is 240 g/mol. The number of amides is 1. The van der Waals surface area contributed by atoms with E-state index >= 15 is 0 Å². The van der Waals surface area contributed by atoms with Gasteiger partial charge in [-0.2, -0.15) is 5.10 Å². The lowest BCUT2D eigenvalue weighted by atomic mass is 10.1. The minimum Gasteiger partial charge on any atom is -0.382 e. The normalized spacial score (nSPS) is 10.8. The molecular weight excluding hydrogens is 220 g/mol. The van der Waals surface area contributed by atoms with Crippen molar-refractivity contribution in [2.24, 2.45) is 5.92 Å². The van der Waals surface area contributed by atoms with Crippen LogP contribution >= 0.6 is 0 Å². The molecule has 0 aromatic carbocycles. The molecular formula is C11H20N4O2. The van der Waals surface area contributed by atoms with Gasteiger partial charge in [-0.1, -0.05) is 13.8 Å². The number of aromatic amines is 1. The summed E-state index contributed by atoms with van der Waals surface area (Å²) in [5, 5.41) is 8.93. The van der Waals surface area contributed by atoms with Crippen LogP contribution in [0.25, 0.3) is 0 Å². The van der Waals surface area contributed by atoms with E-state index in [4.69, 9.17) is 10.5 Å². The SMILES string of the molecule is CC(C)CCOCCNC(=O)c1cc(N)n[nH]1. The Bertz CT molecular complexity index is 349. The van der Waals surface area contributed by atoms with Crippen molar-refractivity contribution in [2.45, 2.75) is 20.3 Å². The first-order chi connectivity index (χ1) is 8.09. The maximum atomic E-state index is 11.5. The average molecular weight is 240 g/mol. The van der Waals surface area contributed by atoms with Crippen LogP contribution in [0.15, 0.2) is 6.07 Å². The number of rotatable bonds is 7. The number of hydrogen-bond donors (Lipinski definition) is 3. The van der Waals surface area contributed by atoms with E-state index in [0.29, 0.717) is 30.6 Å². The van der Waals surface area contributed by atoms with Crippen LogP contribution in [0, 0.1) is 5.92 Å². The molecule has 1 aromatic heterocycles. The maximum Gasteiger partial charge on any atom is 0.269 e. The first-order valence-corrected chi connectivity index (χ1v) is 5.76. The molecule has 0 atom stereocenters. The molecule has 0 aliphatic rings. The number of ether oxygens (including phenoxy) is 1. The van der Waals surface area contributed by atoms with Crippen LogP contribution in [0.4, 0.5) is 5.82 Å². The largest absolute Gasteiger partial charge is 0.382 e. The molecule has 1 rings (SSSR count). The molecule has 4 N–H and O–H groups in total. The zero-order valence-electron chi connectivity index (χ0n) is 10.3. The van der Waals surface area contributed by atoms with E-state index in [-0.39, 0.29) is 5.91 Å². The van der Waals surface area contributed by atoms with E-state index in [9.17, 15) is 4.79 Å². The van der Waals surface area contributed by atoms with E-state index < -0.39 is 0 Å². The summed E-state index contributed by atoms with van der Waals surface area (Å²) in [5.41, 5.74) is 5.76. The predicted molar refractivity (Wildman–Crippen MR) is 65.6 cm³/mol. The molecule has 96 valence electrons. The van der Waals surface area contributed by atoms with Crippen molar-refractivity contribution in [1.82, 2.24) is 15.5 Å². The number of anilines is 1. The van der Waals surface area contributed by atoms with E-state index in [1.807, 2.05) is 0 Å². The van der Waals surface area contributed by atoms with Crippen molar-refractivity contribution in [3.05, 3.63) is 11.8 Å². The van der Waals surface area contributed by atoms with Gasteiger partial charge in [0.05, 0.1) is 6.61 Å². The summed E-state index contributed by atoms with van der Waals surface area (Å²) in [4.78, 5) is 11.5. The number of nitrogen functional groups attached to an aromatic ring is 1. The average Bonchev–Trinajstić information content (AvgIpc) is 2.69. The van der Waals surface area contributed by atoms with Gasteiger partial charge < -0.3 is 15.8 Å². The molecule has 1 heterocycles. The summed E-state index contributed by atoms with van der Waals surface area (Å²) in [5.74, 6) is 0.725. The number of carbonyl (C=O) groups is 1. The van der Waals surface area contributed by atoms with E-state index in [1.165, 1.54) is 6.07 Å². The second-order valence-electron chi connectivity index (χ2n) is 4.26. The van der Waals surface area contributed by atoms with Gasteiger partial charge >= 0.3 is 0 Å². The van der Waals surface area contributed by atoms with Gasteiger partial charge in [-0.25, -0.2) is 0 Å². The Morgan fingerprint density at radius 3 is 2.94 bits per heavy atom. The molecule has 0 spiro atoms. The fourth-order valence-electron chi connectivity index (χ4n) is 1.21. The number of nitrogens with two attached hydrogens (primary N) is 1. The minimum absolute atomic E-state index is 0.221. The van der Waals surface area contributed by atoms with Crippen molar-refractivity contribution in [3.63, 3.8) is 0 Å². The molecule has 0 aliphatic heterocycles. The third-order valence-corrected chi connectivity index (χ3v) is 2.21. The molecule has 17 heavy (non-hydrogen) atoms. The van der Waals surface area contributed by atoms with Crippen LogP contribution in [-0.2, 0) is 4.74 Å². The zero-order chi connectivity index (χ0) is 12.7. The molecule has 1 amide bonds. The van der Waals surface area contributed by atoms with Gasteiger partial charge in [0, 0.05) is 19.2 Å². The number of hydrogen-bond acceptors (Lipinski definition) is 4. The Morgan fingerprint density at radius 2 is 2.35 bits per heavy atom. The summed E-state index contributed by atoms with van der Waals surface area (Å²) in [6.45, 7) is 6.02. The van der Waals surface area contributed by atoms with Gasteiger partial charge in [-0.15, -0.1) is 0 Å². The van der Waals surface area contributed by atoms with Crippen LogP contribution in [0.2, 0.25) is 0 Å². The Balaban J connectivity index is 2.09. The highest BCUT2D eigenvalue weighted by Gasteiger charge is 2.07. The van der Waals surface area contributed by atoms with Crippen LogP contribution in [0.5, 0.6) is 0 Å². The molecule has 0 aliphatic carbocycles. The number of nitrogens with one attached hydrogen (secondary N) is 2. The molecule has 1 aromatic rings. The van der Waals surface area contributed by atoms with Crippen molar-refractivity contribution in [2.75, 3.05) is 25.5 Å².